The Labute approximate surface area is 134 Å². The van der Waals surface area contributed by atoms with Crippen molar-refractivity contribution in [3.63, 3.8) is 0 Å². The van der Waals surface area contributed by atoms with Gasteiger partial charge in [0.15, 0.2) is 0 Å². The minimum atomic E-state index is -4.37. The van der Waals surface area contributed by atoms with Gasteiger partial charge in [0.05, 0.1) is 5.56 Å². The molecule has 0 N–H and O–H groups in total. The van der Waals surface area contributed by atoms with E-state index in [0.29, 0.717) is 10.6 Å². The van der Waals surface area contributed by atoms with E-state index in [9.17, 15) is 18.0 Å². The van der Waals surface area contributed by atoms with Crippen LogP contribution < -0.4 is 0 Å². The Kier molecular flexibility index (Phi) is 4.09. The Morgan fingerprint density at radius 3 is 2.22 bits per heavy atom. The minimum absolute atomic E-state index is 0.219. The van der Waals surface area contributed by atoms with Gasteiger partial charge in [0.25, 0.3) is 0 Å². The Balaban J connectivity index is 1.88. The van der Waals surface area contributed by atoms with E-state index in [2.05, 4.69) is 4.99 Å². The predicted octanol–water partition coefficient (Wildman–Crippen LogP) is 4.77. The molecule has 1 aliphatic heterocycles. The van der Waals surface area contributed by atoms with Gasteiger partial charge in [-0.2, -0.15) is 13.2 Å². The molecule has 0 saturated heterocycles. The summed E-state index contributed by atoms with van der Waals surface area (Å²) in [6.07, 6.45) is -2.88. The monoisotopic (exact) mass is 333 g/mol. The lowest BCUT2D eigenvalue weighted by atomic mass is 10.1. The van der Waals surface area contributed by atoms with Crippen molar-refractivity contribution < 1.29 is 18.0 Å². The van der Waals surface area contributed by atoms with Crippen molar-refractivity contribution in [2.24, 2.45) is 4.99 Å². The standard InChI is InChI=1S/C17H10F3NOS/c18-17(19,20)13-8-6-11(7-9-13)10-14-16(22)23-15(21-14)12-4-2-1-3-5-12/h1-10H/b14-10-. The molecule has 1 heterocycles. The second-order valence-electron chi connectivity index (χ2n) is 4.82. The lowest BCUT2D eigenvalue weighted by molar-refractivity contribution is -0.137. The quantitative estimate of drug-likeness (QED) is 0.741. The number of hydrogen-bond donors (Lipinski definition) is 0. The molecular weight excluding hydrogens is 323 g/mol. The average Bonchev–Trinajstić information content (AvgIpc) is 2.89. The second-order valence-corrected chi connectivity index (χ2v) is 5.78. The summed E-state index contributed by atoms with van der Waals surface area (Å²) in [6.45, 7) is 0. The van der Waals surface area contributed by atoms with E-state index in [1.165, 1.54) is 18.2 Å². The molecule has 0 atom stereocenters. The third kappa shape index (κ3) is 3.53. The van der Waals surface area contributed by atoms with Crippen LogP contribution in [0.2, 0.25) is 0 Å². The second kappa shape index (κ2) is 6.04. The van der Waals surface area contributed by atoms with Crippen LogP contribution in [-0.2, 0) is 11.0 Å². The van der Waals surface area contributed by atoms with E-state index in [4.69, 9.17) is 0 Å². The van der Waals surface area contributed by atoms with E-state index >= 15 is 0 Å². The first-order chi connectivity index (χ1) is 10.9. The van der Waals surface area contributed by atoms with Gasteiger partial charge in [-0.3, -0.25) is 4.79 Å². The number of hydrogen-bond acceptors (Lipinski definition) is 3. The van der Waals surface area contributed by atoms with Crippen molar-refractivity contribution in [3.05, 3.63) is 77.0 Å². The molecule has 6 heteroatoms. The van der Waals surface area contributed by atoms with Crippen molar-refractivity contribution in [3.8, 4) is 0 Å². The number of benzene rings is 2. The summed E-state index contributed by atoms with van der Waals surface area (Å²) in [7, 11) is 0. The van der Waals surface area contributed by atoms with Gasteiger partial charge in [0.1, 0.15) is 10.7 Å². The van der Waals surface area contributed by atoms with Gasteiger partial charge in [0.2, 0.25) is 5.12 Å². The number of carbonyl (C=O) groups excluding carboxylic acids is 1. The van der Waals surface area contributed by atoms with Crippen LogP contribution in [0.15, 0.2) is 65.3 Å². The SMILES string of the molecule is O=C1SC(c2ccccc2)=N/C1=C\c1ccc(C(F)(F)F)cc1. The summed E-state index contributed by atoms with van der Waals surface area (Å²) in [5, 5.41) is 0.373. The predicted molar refractivity (Wildman–Crippen MR) is 85.0 cm³/mol. The molecule has 0 radical (unpaired) electrons. The first-order valence-electron chi connectivity index (χ1n) is 6.69. The maximum Gasteiger partial charge on any atom is 0.416 e. The number of alkyl halides is 3. The zero-order valence-corrected chi connectivity index (χ0v) is 12.5. The number of rotatable bonds is 2. The topological polar surface area (TPSA) is 29.4 Å². The van der Waals surface area contributed by atoms with Gasteiger partial charge in [-0.1, -0.05) is 42.5 Å². The van der Waals surface area contributed by atoms with Crippen molar-refractivity contribution in [1.29, 1.82) is 0 Å². The highest BCUT2D eigenvalue weighted by Crippen LogP contribution is 2.31. The molecule has 0 aliphatic carbocycles. The highest BCUT2D eigenvalue weighted by Gasteiger charge is 2.30. The van der Waals surface area contributed by atoms with Gasteiger partial charge >= 0.3 is 6.18 Å². The fraction of sp³-hybridized carbons (Fsp3) is 0.0588. The summed E-state index contributed by atoms with van der Waals surface area (Å²) in [5.74, 6) is 0. The average molecular weight is 333 g/mol. The molecule has 0 saturated carbocycles. The maximum atomic E-state index is 12.5. The Morgan fingerprint density at radius 1 is 0.957 bits per heavy atom. The van der Waals surface area contributed by atoms with Crippen molar-refractivity contribution in [2.75, 3.05) is 0 Å². The van der Waals surface area contributed by atoms with Crippen LogP contribution in [0.4, 0.5) is 13.2 Å². The molecule has 1 aliphatic rings. The molecule has 0 amide bonds. The lowest BCUT2D eigenvalue weighted by Crippen LogP contribution is -2.04. The molecule has 0 bridgehead atoms. The highest BCUT2D eigenvalue weighted by molar-refractivity contribution is 8.27. The van der Waals surface area contributed by atoms with Crippen LogP contribution in [0.5, 0.6) is 0 Å². The Morgan fingerprint density at radius 2 is 1.61 bits per heavy atom. The van der Waals surface area contributed by atoms with Crippen molar-refractivity contribution in [2.45, 2.75) is 6.18 Å². The summed E-state index contributed by atoms with van der Waals surface area (Å²) < 4.78 is 37.6. The first kappa shape index (κ1) is 15.6. The summed E-state index contributed by atoms with van der Waals surface area (Å²) in [5.41, 5.74) is 0.843. The Bertz CT molecular complexity index is 793. The van der Waals surface area contributed by atoms with Crippen molar-refractivity contribution >= 4 is 28.0 Å². The largest absolute Gasteiger partial charge is 0.416 e. The fourth-order valence-electron chi connectivity index (χ4n) is 2.04. The normalized spacial score (nSPS) is 16.7. The number of thioether (sulfide) groups is 1. The smallest absolute Gasteiger partial charge is 0.279 e. The van der Waals surface area contributed by atoms with Crippen LogP contribution in [0.25, 0.3) is 6.08 Å². The summed E-state index contributed by atoms with van der Waals surface area (Å²) in [6, 6.07) is 13.9. The highest BCUT2D eigenvalue weighted by atomic mass is 32.2. The van der Waals surface area contributed by atoms with E-state index in [0.717, 1.165) is 29.5 Å². The first-order valence-corrected chi connectivity index (χ1v) is 7.50. The van der Waals surface area contributed by atoms with Gasteiger partial charge in [-0.25, -0.2) is 4.99 Å². The molecule has 0 spiro atoms. The number of aliphatic imine (C=N–C) groups is 1. The van der Waals surface area contributed by atoms with Crippen molar-refractivity contribution in [1.82, 2.24) is 0 Å². The third-order valence-corrected chi connectivity index (χ3v) is 4.10. The van der Waals surface area contributed by atoms with Gasteiger partial charge in [-0.15, -0.1) is 0 Å². The van der Waals surface area contributed by atoms with Gasteiger partial charge in [0, 0.05) is 5.56 Å². The zero-order chi connectivity index (χ0) is 16.4. The molecule has 23 heavy (non-hydrogen) atoms. The summed E-state index contributed by atoms with van der Waals surface area (Å²) in [4.78, 5) is 16.3. The molecule has 0 aromatic heterocycles. The molecule has 2 aromatic carbocycles. The summed E-state index contributed by atoms with van der Waals surface area (Å²) >= 11 is 1.02. The van der Waals surface area contributed by atoms with Gasteiger partial charge in [-0.05, 0) is 35.5 Å². The third-order valence-electron chi connectivity index (χ3n) is 3.18. The number of nitrogens with zero attached hydrogens (tertiary/aromatic N) is 1. The number of halogens is 3. The van der Waals surface area contributed by atoms with Crippen LogP contribution in [0.3, 0.4) is 0 Å². The molecule has 2 aromatic rings. The van der Waals surface area contributed by atoms with Gasteiger partial charge < -0.3 is 0 Å². The maximum absolute atomic E-state index is 12.5. The van der Waals surface area contributed by atoms with E-state index in [1.807, 2.05) is 30.3 Å². The molecule has 116 valence electrons. The molecular formula is C17H10F3NOS. The van der Waals surface area contributed by atoms with Crippen LogP contribution in [0.1, 0.15) is 16.7 Å². The zero-order valence-electron chi connectivity index (χ0n) is 11.7. The fourth-order valence-corrected chi connectivity index (χ4v) is 2.82. The van der Waals surface area contributed by atoms with Crippen LogP contribution in [-0.4, -0.2) is 10.2 Å². The molecule has 0 fully saturated rings. The lowest BCUT2D eigenvalue weighted by Gasteiger charge is -2.05. The van der Waals surface area contributed by atoms with E-state index < -0.39 is 11.7 Å². The number of carbonyl (C=O) groups is 1. The van der Waals surface area contributed by atoms with E-state index in [-0.39, 0.29) is 10.8 Å². The minimum Gasteiger partial charge on any atom is -0.279 e. The Hall–Kier alpha value is -2.34. The molecule has 0 unspecified atom stereocenters. The molecule has 2 nitrogen and oxygen atoms in total. The van der Waals surface area contributed by atoms with E-state index in [1.54, 1.807) is 0 Å². The molecule has 3 rings (SSSR count). The van der Waals surface area contributed by atoms with Crippen LogP contribution in [0, 0.1) is 0 Å². The van der Waals surface area contributed by atoms with Crippen LogP contribution >= 0.6 is 11.8 Å².